The molecule has 2 aromatic carbocycles. The second kappa shape index (κ2) is 6.16. The summed E-state index contributed by atoms with van der Waals surface area (Å²) in [6, 6.07) is 10.8. The van der Waals surface area contributed by atoms with Gasteiger partial charge in [-0.2, -0.15) is 0 Å². The summed E-state index contributed by atoms with van der Waals surface area (Å²) in [6.07, 6.45) is 3.68. The predicted octanol–water partition coefficient (Wildman–Crippen LogP) is 5.78. The van der Waals surface area contributed by atoms with Crippen LogP contribution in [0.5, 0.6) is 0 Å². The minimum atomic E-state index is 0.290. The summed E-state index contributed by atoms with van der Waals surface area (Å²) in [5.74, 6) is 0.290. The average molecular weight is 304 g/mol. The highest BCUT2D eigenvalue weighted by atomic mass is 16.1. The van der Waals surface area contributed by atoms with Crippen molar-refractivity contribution in [3.63, 3.8) is 0 Å². The van der Waals surface area contributed by atoms with Crippen molar-refractivity contribution in [3.05, 3.63) is 64.7 Å². The van der Waals surface area contributed by atoms with Gasteiger partial charge in [0.05, 0.1) is 0 Å². The van der Waals surface area contributed by atoms with Gasteiger partial charge >= 0.3 is 0 Å². The number of fused-ring (bicyclic) bond motifs is 1. The van der Waals surface area contributed by atoms with E-state index < -0.39 is 0 Å². The van der Waals surface area contributed by atoms with Crippen LogP contribution in [0.25, 0.3) is 16.7 Å². The van der Waals surface area contributed by atoms with Crippen LogP contribution in [0.1, 0.15) is 59.3 Å². The molecule has 2 aromatic rings. The fourth-order valence-corrected chi connectivity index (χ4v) is 3.56. The van der Waals surface area contributed by atoms with Gasteiger partial charge in [0, 0.05) is 12.0 Å². The molecule has 0 N–H and O–H groups in total. The number of carbonyl (C=O) groups is 1. The fourth-order valence-electron chi connectivity index (χ4n) is 3.56. The van der Waals surface area contributed by atoms with Crippen LogP contribution in [0.2, 0.25) is 0 Å². The van der Waals surface area contributed by atoms with Crippen LogP contribution >= 0.6 is 0 Å². The minimum absolute atomic E-state index is 0.290. The first kappa shape index (κ1) is 15.7. The molecule has 118 valence electrons. The highest BCUT2D eigenvalue weighted by Gasteiger charge is 2.25. The molecule has 0 spiro atoms. The summed E-state index contributed by atoms with van der Waals surface area (Å²) in [5, 5.41) is 0. The summed E-state index contributed by atoms with van der Waals surface area (Å²) in [5.41, 5.74) is 9.63. The molecule has 23 heavy (non-hydrogen) atoms. The summed E-state index contributed by atoms with van der Waals surface area (Å²) in [7, 11) is 0. The monoisotopic (exact) mass is 304 g/mol. The molecule has 0 atom stereocenters. The molecular formula is C22H24O. The van der Waals surface area contributed by atoms with Gasteiger partial charge in [-0.3, -0.25) is 4.79 Å². The van der Waals surface area contributed by atoms with E-state index in [1.54, 1.807) is 0 Å². The standard InChI is InChI=1S/C22H24O/c1-5-6-16-9-10-18-19(11-12-21(18)23)22(16)20-13-17(14(2)3)8-7-15(20)4/h7-10,13H,2,5-6,11-12H2,1,3-4H3. The number of Topliss-reactive ketones (excluding diaryl/α,β-unsaturated/α-hetero) is 1. The van der Waals surface area contributed by atoms with Crippen molar-refractivity contribution in [3.8, 4) is 11.1 Å². The third-order valence-corrected chi connectivity index (χ3v) is 4.82. The van der Waals surface area contributed by atoms with Gasteiger partial charge < -0.3 is 0 Å². The first-order chi connectivity index (χ1) is 11.0. The van der Waals surface area contributed by atoms with E-state index >= 15 is 0 Å². The number of aryl methyl sites for hydroxylation is 2. The van der Waals surface area contributed by atoms with Gasteiger partial charge in [0.15, 0.2) is 5.78 Å². The lowest BCUT2D eigenvalue weighted by Crippen LogP contribution is -2.00. The van der Waals surface area contributed by atoms with Crippen LogP contribution in [0.3, 0.4) is 0 Å². The smallest absolute Gasteiger partial charge is 0.163 e. The van der Waals surface area contributed by atoms with Crippen molar-refractivity contribution in [2.45, 2.75) is 46.5 Å². The summed E-state index contributed by atoms with van der Waals surface area (Å²) >= 11 is 0. The van der Waals surface area contributed by atoms with E-state index in [2.05, 4.69) is 44.7 Å². The largest absolute Gasteiger partial charge is 0.294 e. The Labute approximate surface area is 139 Å². The maximum Gasteiger partial charge on any atom is 0.163 e. The van der Waals surface area contributed by atoms with E-state index in [1.807, 2.05) is 13.0 Å². The van der Waals surface area contributed by atoms with E-state index in [4.69, 9.17) is 0 Å². The van der Waals surface area contributed by atoms with E-state index in [0.29, 0.717) is 6.42 Å². The van der Waals surface area contributed by atoms with Crippen LogP contribution in [0, 0.1) is 6.92 Å². The average Bonchev–Trinajstić information content (AvgIpc) is 2.89. The number of carbonyl (C=O) groups excluding carboxylic acids is 1. The molecule has 0 aromatic heterocycles. The lowest BCUT2D eigenvalue weighted by Gasteiger charge is -2.17. The third kappa shape index (κ3) is 2.76. The maximum atomic E-state index is 12.2. The summed E-state index contributed by atoms with van der Waals surface area (Å²) in [6.45, 7) is 10.5. The van der Waals surface area contributed by atoms with Crippen molar-refractivity contribution in [2.24, 2.45) is 0 Å². The zero-order valence-corrected chi connectivity index (χ0v) is 14.3. The van der Waals surface area contributed by atoms with Crippen molar-refractivity contribution in [1.82, 2.24) is 0 Å². The zero-order chi connectivity index (χ0) is 16.6. The Kier molecular flexibility index (Phi) is 4.21. The number of ketones is 1. The molecule has 0 saturated heterocycles. The highest BCUT2D eigenvalue weighted by Crippen LogP contribution is 2.38. The molecule has 1 heteroatoms. The molecule has 0 saturated carbocycles. The molecule has 0 radical (unpaired) electrons. The number of benzene rings is 2. The molecule has 3 rings (SSSR count). The second-order valence-corrected chi connectivity index (χ2v) is 6.61. The Morgan fingerprint density at radius 2 is 1.91 bits per heavy atom. The molecular weight excluding hydrogens is 280 g/mol. The van der Waals surface area contributed by atoms with Gasteiger partial charge in [-0.1, -0.05) is 49.8 Å². The molecule has 1 nitrogen and oxygen atoms in total. The fraction of sp³-hybridized carbons (Fsp3) is 0.318. The topological polar surface area (TPSA) is 17.1 Å². The van der Waals surface area contributed by atoms with Gasteiger partial charge in [0.1, 0.15) is 0 Å². The van der Waals surface area contributed by atoms with Crippen LogP contribution in [-0.4, -0.2) is 5.78 Å². The Morgan fingerprint density at radius 3 is 2.61 bits per heavy atom. The van der Waals surface area contributed by atoms with E-state index in [1.165, 1.54) is 33.4 Å². The third-order valence-electron chi connectivity index (χ3n) is 4.82. The van der Waals surface area contributed by atoms with Crippen LogP contribution < -0.4 is 0 Å². The Hall–Kier alpha value is -2.15. The summed E-state index contributed by atoms with van der Waals surface area (Å²) in [4.78, 5) is 12.2. The molecule has 0 amide bonds. The van der Waals surface area contributed by atoms with Crippen molar-refractivity contribution >= 4 is 11.4 Å². The van der Waals surface area contributed by atoms with E-state index in [9.17, 15) is 4.79 Å². The Balaban J connectivity index is 2.28. The van der Waals surface area contributed by atoms with Gasteiger partial charge in [0.25, 0.3) is 0 Å². The number of hydrogen-bond acceptors (Lipinski definition) is 1. The summed E-state index contributed by atoms with van der Waals surface area (Å²) < 4.78 is 0. The van der Waals surface area contributed by atoms with Crippen LogP contribution in [0.15, 0.2) is 36.9 Å². The predicted molar refractivity (Wildman–Crippen MR) is 98.0 cm³/mol. The molecule has 0 heterocycles. The number of allylic oxidation sites excluding steroid dienone is 1. The molecule has 1 aliphatic carbocycles. The van der Waals surface area contributed by atoms with Crippen molar-refractivity contribution < 1.29 is 4.79 Å². The molecule has 1 aliphatic rings. The Bertz CT molecular complexity index is 796. The van der Waals surface area contributed by atoms with Gasteiger partial charge in [0.2, 0.25) is 0 Å². The second-order valence-electron chi connectivity index (χ2n) is 6.61. The quantitative estimate of drug-likeness (QED) is 0.700. The number of rotatable bonds is 4. The normalized spacial score (nSPS) is 13.3. The zero-order valence-electron chi connectivity index (χ0n) is 14.3. The van der Waals surface area contributed by atoms with Crippen molar-refractivity contribution in [1.29, 1.82) is 0 Å². The lowest BCUT2D eigenvalue weighted by atomic mass is 9.86. The number of hydrogen-bond donors (Lipinski definition) is 0. The van der Waals surface area contributed by atoms with Gasteiger partial charge in [-0.15, -0.1) is 0 Å². The Morgan fingerprint density at radius 1 is 1.13 bits per heavy atom. The first-order valence-electron chi connectivity index (χ1n) is 8.47. The van der Waals surface area contributed by atoms with Gasteiger partial charge in [-0.05, 0) is 66.1 Å². The van der Waals surface area contributed by atoms with E-state index in [-0.39, 0.29) is 5.78 Å². The van der Waals surface area contributed by atoms with E-state index in [0.717, 1.165) is 30.4 Å². The highest BCUT2D eigenvalue weighted by molar-refractivity contribution is 6.03. The first-order valence-corrected chi connectivity index (χ1v) is 8.47. The molecule has 0 fully saturated rings. The SMILES string of the molecule is C=C(C)c1ccc(C)c(-c2c(CCC)ccc3c2CCC3=O)c1. The van der Waals surface area contributed by atoms with Crippen molar-refractivity contribution in [2.75, 3.05) is 0 Å². The van der Waals surface area contributed by atoms with Crippen LogP contribution in [-0.2, 0) is 12.8 Å². The molecule has 0 aliphatic heterocycles. The molecule has 0 bridgehead atoms. The van der Waals surface area contributed by atoms with Crippen LogP contribution in [0.4, 0.5) is 0 Å². The lowest BCUT2D eigenvalue weighted by molar-refractivity contribution is 0.0994. The minimum Gasteiger partial charge on any atom is -0.294 e. The van der Waals surface area contributed by atoms with Gasteiger partial charge in [-0.25, -0.2) is 0 Å². The maximum absolute atomic E-state index is 12.2. The molecule has 0 unspecified atom stereocenters.